The Kier molecular flexibility index (Phi) is 52.4. The van der Waals surface area contributed by atoms with Gasteiger partial charge in [-0.25, -0.2) is 0 Å². The highest BCUT2D eigenvalue weighted by Gasteiger charge is 2.19. The van der Waals surface area contributed by atoms with E-state index >= 15 is 0 Å². The maximum atomic E-state index is 12.8. The zero-order valence-electron chi connectivity index (χ0n) is 43.9. The van der Waals surface area contributed by atoms with E-state index in [-0.39, 0.29) is 37.5 Å². The molecule has 0 saturated carbocycles. The molecular weight excluding hydrogens is 829 g/mol. The van der Waals surface area contributed by atoms with E-state index in [4.69, 9.17) is 14.2 Å². The Labute approximate surface area is 414 Å². The van der Waals surface area contributed by atoms with E-state index in [1.54, 1.807) is 0 Å². The van der Waals surface area contributed by atoms with E-state index in [0.717, 1.165) is 83.5 Å². The molecule has 0 fully saturated rings. The summed E-state index contributed by atoms with van der Waals surface area (Å²) in [5.41, 5.74) is 0. The minimum Gasteiger partial charge on any atom is -0.462 e. The molecule has 0 spiro atoms. The fourth-order valence-electron chi connectivity index (χ4n) is 7.64. The second-order valence-corrected chi connectivity index (χ2v) is 18.5. The van der Waals surface area contributed by atoms with Gasteiger partial charge in [-0.15, -0.1) is 0 Å². The van der Waals surface area contributed by atoms with E-state index in [1.807, 2.05) is 0 Å². The first-order valence-corrected chi connectivity index (χ1v) is 28.1. The van der Waals surface area contributed by atoms with Crippen LogP contribution in [0.5, 0.6) is 0 Å². The zero-order chi connectivity index (χ0) is 48.6. The van der Waals surface area contributed by atoms with Crippen molar-refractivity contribution >= 4 is 17.9 Å². The van der Waals surface area contributed by atoms with Gasteiger partial charge in [0.15, 0.2) is 6.10 Å². The molecule has 0 saturated heterocycles. The van der Waals surface area contributed by atoms with Crippen LogP contribution in [-0.2, 0) is 28.6 Å². The molecule has 0 aliphatic heterocycles. The number of hydrogen-bond acceptors (Lipinski definition) is 6. The minimum absolute atomic E-state index is 0.100. The van der Waals surface area contributed by atoms with E-state index in [9.17, 15) is 14.4 Å². The van der Waals surface area contributed by atoms with Gasteiger partial charge in [0.25, 0.3) is 0 Å². The van der Waals surface area contributed by atoms with Gasteiger partial charge in [0.2, 0.25) is 0 Å². The Hall–Kier alpha value is -3.41. The van der Waals surface area contributed by atoms with Gasteiger partial charge in [-0.05, 0) is 109 Å². The number of esters is 3. The van der Waals surface area contributed by atoms with Crippen molar-refractivity contribution in [1.82, 2.24) is 0 Å². The third kappa shape index (κ3) is 53.4. The second kappa shape index (κ2) is 55.2. The maximum absolute atomic E-state index is 12.8. The molecule has 67 heavy (non-hydrogen) atoms. The SMILES string of the molecule is CC/C=C\C/C=C\C/C=C\C/C=C\C/C=C\CCCC(=O)OCC(COC(=O)CCCCCCC/C=C\CCCCCCCC)OC(=O)CCCCCCCCC/C=C\CCCCCCCC. The summed E-state index contributed by atoms with van der Waals surface area (Å²) in [4.78, 5) is 38.1. The van der Waals surface area contributed by atoms with Crippen molar-refractivity contribution in [2.24, 2.45) is 0 Å². The molecule has 0 aromatic carbocycles. The van der Waals surface area contributed by atoms with Crippen molar-refractivity contribution in [1.29, 1.82) is 0 Å². The predicted octanol–water partition coefficient (Wildman–Crippen LogP) is 18.8. The van der Waals surface area contributed by atoms with Crippen LogP contribution >= 0.6 is 0 Å². The van der Waals surface area contributed by atoms with Crippen LogP contribution in [0.4, 0.5) is 0 Å². The average Bonchev–Trinajstić information content (AvgIpc) is 3.33. The Morgan fingerprint density at radius 3 is 0.985 bits per heavy atom. The summed E-state index contributed by atoms with van der Waals surface area (Å²) in [6.07, 6.45) is 71.4. The zero-order valence-corrected chi connectivity index (χ0v) is 43.9. The molecule has 6 heteroatoms. The molecule has 6 nitrogen and oxygen atoms in total. The summed E-state index contributed by atoms with van der Waals surface area (Å²) in [5, 5.41) is 0. The number of rotatable bonds is 50. The molecule has 0 aromatic heterocycles. The van der Waals surface area contributed by atoms with Gasteiger partial charge in [0, 0.05) is 19.3 Å². The molecule has 0 amide bonds. The molecule has 384 valence electrons. The normalized spacial score (nSPS) is 12.7. The lowest BCUT2D eigenvalue weighted by atomic mass is 10.1. The van der Waals surface area contributed by atoms with Crippen LogP contribution in [0.25, 0.3) is 0 Å². The molecule has 0 bridgehead atoms. The number of ether oxygens (including phenoxy) is 3. The molecular formula is C61H104O6. The van der Waals surface area contributed by atoms with Crippen molar-refractivity contribution in [2.45, 2.75) is 271 Å². The van der Waals surface area contributed by atoms with Gasteiger partial charge in [0.1, 0.15) is 13.2 Å². The summed E-state index contributed by atoms with van der Waals surface area (Å²) in [5.74, 6) is -0.969. The molecule has 1 unspecified atom stereocenters. The van der Waals surface area contributed by atoms with Gasteiger partial charge in [-0.2, -0.15) is 0 Å². The van der Waals surface area contributed by atoms with Crippen LogP contribution in [0, 0.1) is 0 Å². The smallest absolute Gasteiger partial charge is 0.306 e. The Bertz CT molecular complexity index is 1300. The summed E-state index contributed by atoms with van der Waals surface area (Å²) >= 11 is 0. The van der Waals surface area contributed by atoms with Gasteiger partial charge in [-0.3, -0.25) is 14.4 Å². The van der Waals surface area contributed by atoms with E-state index < -0.39 is 6.10 Å². The van der Waals surface area contributed by atoms with Crippen LogP contribution in [-0.4, -0.2) is 37.2 Å². The van der Waals surface area contributed by atoms with Crippen molar-refractivity contribution in [2.75, 3.05) is 13.2 Å². The highest BCUT2D eigenvalue weighted by Crippen LogP contribution is 2.14. The number of carbonyl (C=O) groups is 3. The monoisotopic (exact) mass is 933 g/mol. The second-order valence-electron chi connectivity index (χ2n) is 18.5. The van der Waals surface area contributed by atoms with E-state index in [2.05, 4.69) is 106 Å². The predicted molar refractivity (Wildman–Crippen MR) is 288 cm³/mol. The lowest BCUT2D eigenvalue weighted by molar-refractivity contribution is -0.167. The largest absolute Gasteiger partial charge is 0.462 e. The standard InChI is InChI=1S/C61H104O6/c1-4-7-10-13-16-19-22-25-28-30-33-36-39-42-45-48-51-54-60(63)66-57-58(56-65-59(62)53-50-47-44-41-38-35-32-27-24-21-18-15-12-9-6-3)67-61(64)55-52-49-46-43-40-37-34-31-29-26-23-20-17-14-11-8-5-2/h7,10,16,19,25-29,32-33,36,42,45,58H,4-6,8-9,11-15,17-18,20-24,30-31,34-35,37-41,43-44,46-57H2,1-3H3/b10-7-,19-16-,28-25-,29-26-,32-27-,36-33-,45-42-. The third-order valence-corrected chi connectivity index (χ3v) is 11.9. The lowest BCUT2D eigenvalue weighted by Crippen LogP contribution is -2.30. The molecule has 0 radical (unpaired) electrons. The van der Waals surface area contributed by atoms with Crippen LogP contribution in [0.3, 0.4) is 0 Å². The van der Waals surface area contributed by atoms with Gasteiger partial charge >= 0.3 is 17.9 Å². The van der Waals surface area contributed by atoms with Crippen molar-refractivity contribution in [3.8, 4) is 0 Å². The van der Waals surface area contributed by atoms with E-state index in [1.165, 1.54) is 135 Å². The highest BCUT2D eigenvalue weighted by atomic mass is 16.6. The third-order valence-electron chi connectivity index (χ3n) is 11.9. The van der Waals surface area contributed by atoms with Crippen LogP contribution in [0.1, 0.15) is 265 Å². The number of hydrogen-bond donors (Lipinski definition) is 0. The Morgan fingerprint density at radius 2 is 0.597 bits per heavy atom. The van der Waals surface area contributed by atoms with E-state index in [0.29, 0.717) is 19.3 Å². The Morgan fingerprint density at radius 1 is 0.313 bits per heavy atom. The van der Waals surface area contributed by atoms with Gasteiger partial charge in [-0.1, -0.05) is 221 Å². The van der Waals surface area contributed by atoms with Gasteiger partial charge < -0.3 is 14.2 Å². The number of unbranched alkanes of at least 4 members (excludes halogenated alkanes) is 25. The minimum atomic E-state index is -0.805. The molecule has 1 atom stereocenters. The quantitative estimate of drug-likeness (QED) is 0.0262. The Balaban J connectivity index is 4.49. The fraction of sp³-hybridized carbons (Fsp3) is 0.721. The van der Waals surface area contributed by atoms with Crippen molar-refractivity contribution < 1.29 is 28.6 Å². The summed E-state index contributed by atoms with van der Waals surface area (Å²) < 4.78 is 16.8. The summed E-state index contributed by atoms with van der Waals surface area (Å²) in [6, 6.07) is 0. The summed E-state index contributed by atoms with van der Waals surface area (Å²) in [7, 11) is 0. The highest BCUT2D eigenvalue weighted by molar-refractivity contribution is 5.71. The first-order chi connectivity index (χ1) is 33.0. The molecule has 0 aliphatic rings. The lowest BCUT2D eigenvalue weighted by Gasteiger charge is -2.18. The molecule has 0 N–H and O–H groups in total. The molecule has 0 aromatic rings. The summed E-state index contributed by atoms with van der Waals surface area (Å²) in [6.45, 7) is 6.47. The van der Waals surface area contributed by atoms with Crippen molar-refractivity contribution in [3.05, 3.63) is 85.1 Å². The first kappa shape index (κ1) is 63.6. The molecule has 0 heterocycles. The maximum Gasteiger partial charge on any atom is 0.306 e. The van der Waals surface area contributed by atoms with Gasteiger partial charge in [0.05, 0.1) is 0 Å². The number of allylic oxidation sites excluding steroid dienone is 14. The first-order valence-electron chi connectivity index (χ1n) is 28.1. The van der Waals surface area contributed by atoms with Crippen LogP contribution in [0.15, 0.2) is 85.1 Å². The fourth-order valence-corrected chi connectivity index (χ4v) is 7.64. The van der Waals surface area contributed by atoms with Crippen molar-refractivity contribution in [3.63, 3.8) is 0 Å². The average molecular weight is 933 g/mol. The molecule has 0 rings (SSSR count). The topological polar surface area (TPSA) is 78.9 Å². The molecule has 0 aliphatic carbocycles. The van der Waals surface area contributed by atoms with Crippen LogP contribution in [0.2, 0.25) is 0 Å². The van der Waals surface area contributed by atoms with Crippen LogP contribution < -0.4 is 0 Å². The number of carbonyl (C=O) groups excluding carboxylic acids is 3.